The maximum atomic E-state index is 5.41. The first-order valence-corrected chi connectivity index (χ1v) is 7.90. The van der Waals surface area contributed by atoms with Gasteiger partial charge in [-0.15, -0.1) is 0 Å². The summed E-state index contributed by atoms with van der Waals surface area (Å²) in [7, 11) is 0. The van der Waals surface area contributed by atoms with Crippen LogP contribution in [0.3, 0.4) is 0 Å². The van der Waals surface area contributed by atoms with E-state index in [1.165, 1.54) is 5.57 Å². The summed E-state index contributed by atoms with van der Waals surface area (Å²) in [4.78, 5) is 8.43. The Balaban J connectivity index is 1.86. The number of rotatable bonds is 3. The van der Waals surface area contributed by atoms with Crippen molar-refractivity contribution in [2.45, 2.75) is 6.42 Å². The molecule has 0 bridgehead atoms. The fourth-order valence-corrected chi connectivity index (χ4v) is 2.89. The van der Waals surface area contributed by atoms with E-state index < -0.39 is 0 Å². The SMILES string of the molecule is C1=C(c2nc(-c3ccccc3)c(-c3ccccc3)[nH]2)CCOC1. The van der Waals surface area contributed by atoms with E-state index in [4.69, 9.17) is 9.72 Å². The molecule has 114 valence electrons. The first-order chi connectivity index (χ1) is 11.4. The van der Waals surface area contributed by atoms with Crippen LogP contribution in [-0.2, 0) is 4.74 Å². The van der Waals surface area contributed by atoms with E-state index in [0.717, 1.165) is 41.4 Å². The van der Waals surface area contributed by atoms with E-state index in [0.29, 0.717) is 6.61 Å². The number of aromatic nitrogens is 2. The van der Waals surface area contributed by atoms with Crippen LogP contribution in [0.2, 0.25) is 0 Å². The molecule has 23 heavy (non-hydrogen) atoms. The molecule has 0 saturated heterocycles. The van der Waals surface area contributed by atoms with Gasteiger partial charge in [0.1, 0.15) is 5.82 Å². The smallest absolute Gasteiger partial charge is 0.134 e. The third-order valence-electron chi connectivity index (χ3n) is 4.08. The largest absolute Gasteiger partial charge is 0.377 e. The fraction of sp³-hybridized carbons (Fsp3) is 0.150. The Morgan fingerprint density at radius 3 is 2.22 bits per heavy atom. The summed E-state index contributed by atoms with van der Waals surface area (Å²) < 4.78 is 5.41. The maximum Gasteiger partial charge on any atom is 0.134 e. The Hall–Kier alpha value is -2.65. The van der Waals surface area contributed by atoms with Crippen LogP contribution in [0.15, 0.2) is 66.7 Å². The van der Waals surface area contributed by atoms with Crippen molar-refractivity contribution in [2.24, 2.45) is 0 Å². The molecule has 0 spiro atoms. The molecule has 2 heterocycles. The highest BCUT2D eigenvalue weighted by molar-refractivity contribution is 5.80. The maximum absolute atomic E-state index is 5.41. The molecule has 4 rings (SSSR count). The van der Waals surface area contributed by atoms with Crippen molar-refractivity contribution in [2.75, 3.05) is 13.2 Å². The van der Waals surface area contributed by atoms with Gasteiger partial charge in [0.15, 0.2) is 0 Å². The van der Waals surface area contributed by atoms with Crippen LogP contribution in [0.25, 0.3) is 28.1 Å². The summed E-state index contributed by atoms with van der Waals surface area (Å²) in [5, 5.41) is 0. The number of nitrogens with one attached hydrogen (secondary N) is 1. The zero-order valence-corrected chi connectivity index (χ0v) is 12.8. The van der Waals surface area contributed by atoms with E-state index in [1.54, 1.807) is 0 Å². The number of ether oxygens (including phenoxy) is 1. The van der Waals surface area contributed by atoms with Gasteiger partial charge in [0.25, 0.3) is 0 Å². The topological polar surface area (TPSA) is 37.9 Å². The molecule has 0 saturated carbocycles. The van der Waals surface area contributed by atoms with Gasteiger partial charge < -0.3 is 9.72 Å². The zero-order chi connectivity index (χ0) is 15.5. The lowest BCUT2D eigenvalue weighted by Gasteiger charge is -2.10. The lowest BCUT2D eigenvalue weighted by molar-refractivity contribution is 0.161. The van der Waals surface area contributed by atoms with Gasteiger partial charge >= 0.3 is 0 Å². The van der Waals surface area contributed by atoms with Crippen molar-refractivity contribution in [1.29, 1.82) is 0 Å². The molecular weight excluding hydrogens is 284 g/mol. The molecule has 0 fully saturated rings. The van der Waals surface area contributed by atoms with Crippen LogP contribution in [0.5, 0.6) is 0 Å². The predicted molar refractivity (Wildman–Crippen MR) is 92.9 cm³/mol. The molecule has 0 radical (unpaired) electrons. The third kappa shape index (κ3) is 2.83. The number of aromatic amines is 1. The number of imidazole rings is 1. The zero-order valence-electron chi connectivity index (χ0n) is 12.8. The summed E-state index contributed by atoms with van der Waals surface area (Å²) in [6.07, 6.45) is 3.02. The first-order valence-electron chi connectivity index (χ1n) is 7.90. The van der Waals surface area contributed by atoms with E-state index in [-0.39, 0.29) is 0 Å². The number of benzene rings is 2. The van der Waals surface area contributed by atoms with Crippen molar-refractivity contribution in [1.82, 2.24) is 9.97 Å². The molecule has 0 atom stereocenters. The Labute approximate surface area is 135 Å². The molecular formula is C20H18N2O. The second kappa shape index (κ2) is 6.23. The summed E-state index contributed by atoms with van der Waals surface area (Å²) >= 11 is 0. The molecule has 3 aromatic rings. The molecule has 3 nitrogen and oxygen atoms in total. The molecule has 1 aliphatic heterocycles. The van der Waals surface area contributed by atoms with Gasteiger partial charge in [0.2, 0.25) is 0 Å². The van der Waals surface area contributed by atoms with E-state index in [2.05, 4.69) is 47.5 Å². The average molecular weight is 302 g/mol. The van der Waals surface area contributed by atoms with Crippen LogP contribution < -0.4 is 0 Å². The number of H-pyrrole nitrogens is 1. The van der Waals surface area contributed by atoms with Gasteiger partial charge in [-0.05, 0) is 12.0 Å². The molecule has 0 amide bonds. The highest BCUT2D eigenvalue weighted by atomic mass is 16.5. The summed E-state index contributed by atoms with van der Waals surface area (Å²) in [6, 6.07) is 20.7. The highest BCUT2D eigenvalue weighted by Crippen LogP contribution is 2.32. The predicted octanol–water partition coefficient (Wildman–Crippen LogP) is 4.55. The average Bonchev–Trinajstić information content (AvgIpc) is 3.09. The van der Waals surface area contributed by atoms with Gasteiger partial charge in [-0.1, -0.05) is 66.7 Å². The molecule has 1 aliphatic rings. The standard InChI is InChI=1S/C20H18N2O/c1-3-7-15(8-4-1)18-19(16-9-5-2-6-10-16)22-20(21-18)17-11-13-23-14-12-17/h1-11H,12-14H2,(H,21,22). The molecule has 0 aliphatic carbocycles. The minimum atomic E-state index is 0.664. The van der Waals surface area contributed by atoms with Crippen molar-refractivity contribution in [3.8, 4) is 22.5 Å². The van der Waals surface area contributed by atoms with Crippen LogP contribution in [-0.4, -0.2) is 23.2 Å². The summed E-state index contributed by atoms with van der Waals surface area (Å²) in [6.45, 7) is 1.42. The van der Waals surface area contributed by atoms with Crippen molar-refractivity contribution in [3.05, 3.63) is 72.6 Å². The lowest BCUT2D eigenvalue weighted by Crippen LogP contribution is -2.04. The second-order valence-corrected chi connectivity index (χ2v) is 5.60. The lowest BCUT2D eigenvalue weighted by atomic mass is 10.1. The van der Waals surface area contributed by atoms with Crippen LogP contribution in [0.1, 0.15) is 12.2 Å². The van der Waals surface area contributed by atoms with Crippen molar-refractivity contribution < 1.29 is 4.74 Å². The van der Waals surface area contributed by atoms with E-state index >= 15 is 0 Å². The van der Waals surface area contributed by atoms with Crippen molar-refractivity contribution >= 4 is 5.57 Å². The minimum absolute atomic E-state index is 0.664. The normalized spacial score (nSPS) is 14.5. The van der Waals surface area contributed by atoms with E-state index in [9.17, 15) is 0 Å². The number of nitrogens with zero attached hydrogens (tertiary/aromatic N) is 1. The third-order valence-corrected chi connectivity index (χ3v) is 4.08. The Morgan fingerprint density at radius 2 is 1.57 bits per heavy atom. The van der Waals surface area contributed by atoms with Crippen LogP contribution >= 0.6 is 0 Å². The van der Waals surface area contributed by atoms with Crippen molar-refractivity contribution in [3.63, 3.8) is 0 Å². The Morgan fingerprint density at radius 1 is 0.870 bits per heavy atom. The van der Waals surface area contributed by atoms with E-state index in [1.807, 2.05) is 24.3 Å². The number of hydrogen-bond acceptors (Lipinski definition) is 2. The molecule has 1 N–H and O–H groups in total. The molecule has 1 aromatic heterocycles. The van der Waals surface area contributed by atoms with Gasteiger partial charge in [-0.2, -0.15) is 0 Å². The highest BCUT2D eigenvalue weighted by Gasteiger charge is 2.17. The molecule has 0 unspecified atom stereocenters. The number of hydrogen-bond donors (Lipinski definition) is 1. The summed E-state index contributed by atoms with van der Waals surface area (Å²) in [5.74, 6) is 0.950. The first kappa shape index (κ1) is 14.0. The van der Waals surface area contributed by atoms with Gasteiger partial charge in [-0.25, -0.2) is 4.98 Å². The van der Waals surface area contributed by atoms with Gasteiger partial charge in [0.05, 0.1) is 24.6 Å². The summed E-state index contributed by atoms with van der Waals surface area (Å²) in [5.41, 5.74) is 5.58. The monoisotopic (exact) mass is 302 g/mol. The van der Waals surface area contributed by atoms with Crippen LogP contribution in [0, 0.1) is 0 Å². The van der Waals surface area contributed by atoms with Gasteiger partial charge in [0, 0.05) is 11.1 Å². The Bertz CT molecular complexity index is 762. The second-order valence-electron chi connectivity index (χ2n) is 5.60. The quantitative estimate of drug-likeness (QED) is 0.771. The molecule has 2 aromatic carbocycles. The molecule has 3 heteroatoms. The minimum Gasteiger partial charge on any atom is -0.377 e. The fourth-order valence-electron chi connectivity index (χ4n) is 2.89. The van der Waals surface area contributed by atoms with Crippen LogP contribution in [0.4, 0.5) is 0 Å². The Kier molecular flexibility index (Phi) is 3.78. The van der Waals surface area contributed by atoms with Gasteiger partial charge in [-0.3, -0.25) is 0 Å².